The predicted octanol–water partition coefficient (Wildman–Crippen LogP) is 2.62. The number of nitrogens with zero attached hydrogens (tertiary/aromatic N) is 4. The Morgan fingerprint density at radius 2 is 2.12 bits per heavy atom. The van der Waals surface area contributed by atoms with E-state index >= 15 is 0 Å². The zero-order valence-corrected chi connectivity index (χ0v) is 18.4. The number of para-hydroxylation sites is 1. The van der Waals surface area contributed by atoms with Gasteiger partial charge in [-0.2, -0.15) is 5.09 Å². The van der Waals surface area contributed by atoms with Gasteiger partial charge in [-0.15, -0.1) is 0 Å². The number of nitrogens with two attached hydrogens (primary N) is 1. The van der Waals surface area contributed by atoms with E-state index in [0.29, 0.717) is 22.7 Å². The van der Waals surface area contributed by atoms with E-state index < -0.39 is 19.8 Å². The van der Waals surface area contributed by atoms with Gasteiger partial charge in [0, 0.05) is 12.1 Å². The Kier molecular flexibility index (Phi) is 6.22. The number of anilines is 1. The molecule has 3 N–H and O–H groups in total. The Morgan fingerprint density at radius 3 is 2.88 bits per heavy atom. The number of hydrogen-bond acceptors (Lipinski definition) is 9. The molecule has 1 aliphatic rings. The topological polar surface area (TPSA) is 143 Å². The summed E-state index contributed by atoms with van der Waals surface area (Å²) < 4.78 is 31.1. The zero-order chi connectivity index (χ0) is 22.7. The Morgan fingerprint density at radius 1 is 1.34 bits per heavy atom. The van der Waals surface area contributed by atoms with Crippen LogP contribution in [0.3, 0.4) is 0 Å². The number of carbonyl (C=O) groups excluding carboxylic acids is 1. The van der Waals surface area contributed by atoms with Crippen LogP contribution in [0.15, 0.2) is 48.6 Å². The first kappa shape index (κ1) is 21.9. The van der Waals surface area contributed by atoms with Crippen molar-refractivity contribution in [2.45, 2.75) is 19.4 Å². The third kappa shape index (κ3) is 4.96. The lowest BCUT2D eigenvalue weighted by molar-refractivity contribution is -0.142. The van der Waals surface area contributed by atoms with Crippen molar-refractivity contribution < 1.29 is 23.1 Å². The fraction of sp³-hybridized carbons (Fsp3) is 0.300. The summed E-state index contributed by atoms with van der Waals surface area (Å²) in [5.41, 5.74) is 8.01. The van der Waals surface area contributed by atoms with Gasteiger partial charge in [0.1, 0.15) is 24.4 Å². The molecule has 0 saturated heterocycles. The fourth-order valence-electron chi connectivity index (χ4n) is 3.06. The van der Waals surface area contributed by atoms with Crippen molar-refractivity contribution >= 4 is 36.9 Å². The maximum Gasteiger partial charge on any atom is 0.459 e. The van der Waals surface area contributed by atoms with Crippen molar-refractivity contribution in [3.05, 3.63) is 48.6 Å². The van der Waals surface area contributed by atoms with Crippen molar-refractivity contribution in [1.29, 1.82) is 0 Å². The number of esters is 1. The van der Waals surface area contributed by atoms with Gasteiger partial charge >= 0.3 is 13.7 Å². The first-order chi connectivity index (χ1) is 15.4. The first-order valence-corrected chi connectivity index (χ1v) is 11.4. The Labute approximate surface area is 184 Å². The highest BCUT2D eigenvalue weighted by molar-refractivity contribution is 7.52. The maximum absolute atomic E-state index is 13.4. The lowest BCUT2D eigenvalue weighted by Gasteiger charge is -2.22. The number of imidazole rings is 1. The molecule has 0 amide bonds. The maximum atomic E-state index is 13.4. The van der Waals surface area contributed by atoms with Gasteiger partial charge in [0.25, 0.3) is 0 Å². The van der Waals surface area contributed by atoms with Crippen LogP contribution in [0.2, 0.25) is 0 Å². The molecule has 0 bridgehead atoms. The third-order valence-corrected chi connectivity index (χ3v) is 6.50. The molecule has 32 heavy (non-hydrogen) atoms. The number of aromatic nitrogens is 4. The van der Waals surface area contributed by atoms with Gasteiger partial charge in [0.2, 0.25) is 0 Å². The summed E-state index contributed by atoms with van der Waals surface area (Å²) in [7, 11) is -2.60. The predicted molar refractivity (Wildman–Crippen MR) is 117 cm³/mol. The molecule has 3 aromatic rings. The zero-order valence-electron chi connectivity index (χ0n) is 17.5. The highest BCUT2D eigenvalue weighted by atomic mass is 31.2. The van der Waals surface area contributed by atoms with Crippen LogP contribution in [0.25, 0.3) is 17.4 Å². The Hall–Kier alpha value is -3.27. The summed E-state index contributed by atoms with van der Waals surface area (Å²) in [6, 6.07) is 7.73. The largest absolute Gasteiger partial charge is 0.468 e. The van der Waals surface area contributed by atoms with Crippen molar-refractivity contribution in [1.82, 2.24) is 24.6 Å². The summed E-state index contributed by atoms with van der Waals surface area (Å²) >= 11 is 0. The van der Waals surface area contributed by atoms with E-state index in [0.717, 1.165) is 12.0 Å². The molecule has 12 heteroatoms. The summed E-state index contributed by atoms with van der Waals surface area (Å²) in [4.78, 5) is 24.2. The monoisotopic (exact) mass is 458 g/mol. The molecule has 4 rings (SSSR count). The molecule has 168 valence electrons. The van der Waals surface area contributed by atoms with Crippen LogP contribution < -0.4 is 15.3 Å². The first-order valence-electron chi connectivity index (χ1n) is 9.87. The molecule has 1 saturated carbocycles. The highest BCUT2D eigenvalue weighted by Crippen LogP contribution is 2.48. The van der Waals surface area contributed by atoms with Crippen molar-refractivity contribution in [2.75, 3.05) is 19.5 Å². The minimum Gasteiger partial charge on any atom is -0.468 e. The Balaban J connectivity index is 1.45. The molecule has 11 nitrogen and oxygen atoms in total. The minimum atomic E-state index is -3.86. The van der Waals surface area contributed by atoms with Gasteiger partial charge in [0.15, 0.2) is 17.0 Å². The van der Waals surface area contributed by atoms with E-state index in [-0.39, 0.29) is 12.5 Å². The van der Waals surface area contributed by atoms with Gasteiger partial charge in [-0.3, -0.25) is 13.9 Å². The molecule has 2 aromatic heterocycles. The molecule has 2 heterocycles. The van der Waals surface area contributed by atoms with E-state index in [1.807, 2.05) is 12.3 Å². The summed E-state index contributed by atoms with van der Waals surface area (Å²) in [6.45, 7) is 1.66. The molecule has 0 radical (unpaired) electrons. The van der Waals surface area contributed by atoms with Crippen LogP contribution in [0.5, 0.6) is 5.75 Å². The average Bonchev–Trinajstić information content (AvgIpc) is 3.40. The van der Waals surface area contributed by atoms with E-state index in [2.05, 4.69) is 20.0 Å². The van der Waals surface area contributed by atoms with Crippen LogP contribution in [0, 0.1) is 5.92 Å². The van der Waals surface area contributed by atoms with E-state index in [1.54, 1.807) is 35.2 Å². The summed E-state index contributed by atoms with van der Waals surface area (Å²) in [5, 5.41) is 2.64. The van der Waals surface area contributed by atoms with Crippen molar-refractivity contribution in [3.8, 4) is 5.75 Å². The third-order valence-electron chi connectivity index (χ3n) is 4.86. The normalized spacial score (nSPS) is 19.4. The molecule has 1 fully saturated rings. The molecule has 0 aliphatic heterocycles. The average molecular weight is 458 g/mol. The number of nitrogens with one attached hydrogen (secondary N) is 1. The minimum absolute atomic E-state index is 0.0366. The highest BCUT2D eigenvalue weighted by Gasteiger charge is 2.37. The second-order valence-corrected chi connectivity index (χ2v) is 8.95. The number of nitrogen functional groups attached to an aromatic ring is 1. The van der Waals surface area contributed by atoms with E-state index in [4.69, 9.17) is 19.5 Å². The number of fused-ring (bicyclic) bond motifs is 1. The van der Waals surface area contributed by atoms with Crippen molar-refractivity contribution in [2.24, 2.45) is 5.92 Å². The molecular formula is C20H23N6O5P. The van der Waals surface area contributed by atoms with Crippen LogP contribution in [0.4, 0.5) is 5.82 Å². The number of methoxy groups -OCH3 is 1. The van der Waals surface area contributed by atoms with Gasteiger partial charge in [0.05, 0.1) is 13.7 Å². The lowest BCUT2D eigenvalue weighted by Crippen LogP contribution is -2.34. The van der Waals surface area contributed by atoms with Crippen LogP contribution in [-0.4, -0.2) is 45.2 Å². The Bertz CT molecular complexity index is 1200. The van der Waals surface area contributed by atoms with Gasteiger partial charge in [-0.05, 0) is 31.1 Å². The fourth-order valence-corrected chi connectivity index (χ4v) is 4.59. The number of rotatable bonds is 9. The van der Waals surface area contributed by atoms with E-state index in [1.165, 1.54) is 20.4 Å². The molecular weight excluding hydrogens is 435 g/mol. The van der Waals surface area contributed by atoms with Gasteiger partial charge in [-0.25, -0.2) is 19.5 Å². The van der Waals surface area contributed by atoms with Gasteiger partial charge < -0.3 is 15.0 Å². The van der Waals surface area contributed by atoms with Crippen molar-refractivity contribution in [3.63, 3.8) is 0 Å². The number of hydrogen-bond donors (Lipinski definition) is 2. The molecule has 1 aromatic carbocycles. The molecule has 1 unspecified atom stereocenters. The summed E-state index contributed by atoms with van der Waals surface area (Å²) in [5.74, 6) is 0.127. The molecule has 3 atom stereocenters. The smallest absolute Gasteiger partial charge is 0.459 e. The second-order valence-electron chi connectivity index (χ2n) is 7.26. The number of carbonyl (C=O) groups is 1. The quantitative estimate of drug-likeness (QED) is 0.363. The SMILES string of the molecule is COC(=O)[C@H](C)NP(=O)(OC[C@H]1C/C1=C\n1cnc2c(N)ncnc21)Oc1ccccc1. The van der Waals surface area contributed by atoms with Crippen LogP contribution in [0.1, 0.15) is 13.3 Å². The summed E-state index contributed by atoms with van der Waals surface area (Å²) in [6.07, 6.45) is 5.64. The molecule has 0 spiro atoms. The van der Waals surface area contributed by atoms with Gasteiger partial charge in [-0.1, -0.05) is 18.2 Å². The number of ether oxygens (including phenoxy) is 1. The van der Waals surface area contributed by atoms with Crippen LogP contribution >= 0.6 is 7.75 Å². The standard InChI is InChI=1S/C20H23N6O5P/c1-13(20(27)29-2)25-32(28,31-16-6-4-3-5-7-16)30-10-15-8-14(15)9-26-12-24-17-18(21)22-11-23-19(17)26/h3-7,9,11-13,15H,8,10H2,1-2H3,(H,25,28)(H2,21,22,23)/b14-9+/t13-,15+,32?/m0/s1. The van der Waals surface area contributed by atoms with Crippen LogP contribution in [-0.2, 0) is 18.6 Å². The number of benzene rings is 1. The second kappa shape index (κ2) is 9.07. The van der Waals surface area contributed by atoms with E-state index in [9.17, 15) is 9.36 Å². The molecule has 1 aliphatic carbocycles. The lowest BCUT2D eigenvalue weighted by atomic mass is 10.3.